The molecule has 0 atom stereocenters. The Hall–Kier alpha value is -1.82. The van der Waals surface area contributed by atoms with Gasteiger partial charge in [0.2, 0.25) is 0 Å². The number of nitrogens with two attached hydrogens (primary N) is 1. The molecule has 0 saturated heterocycles. The molecule has 1 aromatic rings. The number of hydrogen-bond donors (Lipinski definition) is 2. The lowest BCUT2D eigenvalue weighted by Crippen LogP contribution is -2.35. The second-order valence-electron chi connectivity index (χ2n) is 4.51. The molecule has 0 amide bonds. The van der Waals surface area contributed by atoms with Gasteiger partial charge in [-0.15, -0.1) is 0 Å². The van der Waals surface area contributed by atoms with Gasteiger partial charge in [0.05, 0.1) is 17.1 Å². The lowest BCUT2D eigenvalue weighted by molar-refractivity contribution is -0.384. The Balaban J connectivity index is 2.95. The van der Waals surface area contributed by atoms with Crippen LogP contribution < -0.4 is 11.1 Å². The Morgan fingerprint density at radius 1 is 1.47 bits per heavy atom. The van der Waals surface area contributed by atoms with Gasteiger partial charge in [0.15, 0.2) is 0 Å². The van der Waals surface area contributed by atoms with Gasteiger partial charge >= 0.3 is 0 Å². The summed E-state index contributed by atoms with van der Waals surface area (Å²) >= 11 is 0. The molecule has 94 valence electrons. The Morgan fingerprint density at radius 2 is 2.12 bits per heavy atom. The predicted molar refractivity (Wildman–Crippen MR) is 67.1 cm³/mol. The molecule has 1 aromatic carbocycles. The van der Waals surface area contributed by atoms with E-state index in [1.54, 1.807) is 13.2 Å². The normalized spacial score (nSPS) is 11.2. The van der Waals surface area contributed by atoms with Crippen LogP contribution in [0.2, 0.25) is 0 Å². The van der Waals surface area contributed by atoms with Gasteiger partial charge in [0, 0.05) is 30.6 Å². The van der Waals surface area contributed by atoms with E-state index in [1.807, 2.05) is 13.8 Å². The average molecular weight is 239 g/mol. The number of methoxy groups -OCH3 is 1. The fraction of sp³-hybridized carbons (Fsp3) is 0.455. The number of non-ortho nitro benzene ring substituents is 1. The monoisotopic (exact) mass is 239 g/mol. The van der Waals surface area contributed by atoms with Crippen LogP contribution in [-0.2, 0) is 4.74 Å². The van der Waals surface area contributed by atoms with Crippen molar-refractivity contribution in [3.63, 3.8) is 0 Å². The maximum absolute atomic E-state index is 10.7. The van der Waals surface area contributed by atoms with Crippen molar-refractivity contribution < 1.29 is 9.66 Å². The third-order valence-electron chi connectivity index (χ3n) is 2.14. The number of ether oxygens (including phenoxy) is 1. The summed E-state index contributed by atoms with van der Waals surface area (Å²) in [4.78, 5) is 10.2. The fourth-order valence-electron chi connectivity index (χ4n) is 1.60. The van der Waals surface area contributed by atoms with E-state index < -0.39 is 4.92 Å². The van der Waals surface area contributed by atoms with Crippen molar-refractivity contribution in [1.82, 2.24) is 0 Å². The number of nitrogens with zero attached hydrogens (tertiary/aromatic N) is 1. The lowest BCUT2D eigenvalue weighted by Gasteiger charge is -2.26. The molecule has 0 heterocycles. The number of benzene rings is 1. The molecule has 0 saturated carbocycles. The summed E-state index contributed by atoms with van der Waals surface area (Å²) in [7, 11) is 1.60. The molecule has 0 aliphatic rings. The Labute approximate surface area is 99.9 Å². The molecule has 0 aliphatic heterocycles. The van der Waals surface area contributed by atoms with E-state index in [2.05, 4.69) is 5.32 Å². The van der Waals surface area contributed by atoms with Gasteiger partial charge in [-0.1, -0.05) is 0 Å². The van der Waals surface area contributed by atoms with Gasteiger partial charge in [0.1, 0.15) is 0 Å². The summed E-state index contributed by atoms with van der Waals surface area (Å²) in [6, 6.07) is 4.44. The lowest BCUT2D eigenvalue weighted by atomic mass is 10.1. The highest BCUT2D eigenvalue weighted by molar-refractivity contribution is 5.62. The van der Waals surface area contributed by atoms with Gasteiger partial charge in [-0.25, -0.2) is 0 Å². The molecule has 3 N–H and O–H groups in total. The third-order valence-corrected chi connectivity index (χ3v) is 2.14. The van der Waals surface area contributed by atoms with Crippen molar-refractivity contribution in [3.05, 3.63) is 28.3 Å². The van der Waals surface area contributed by atoms with E-state index in [9.17, 15) is 10.1 Å². The van der Waals surface area contributed by atoms with Crippen molar-refractivity contribution >= 4 is 17.1 Å². The molecule has 0 unspecified atom stereocenters. The largest absolute Gasteiger partial charge is 0.398 e. The molecule has 17 heavy (non-hydrogen) atoms. The Bertz CT molecular complexity index is 418. The van der Waals surface area contributed by atoms with Crippen LogP contribution in [0, 0.1) is 10.1 Å². The first-order chi connectivity index (χ1) is 7.84. The molecular weight excluding hydrogens is 222 g/mol. The molecule has 0 aromatic heterocycles. The van der Waals surface area contributed by atoms with Crippen LogP contribution in [0.5, 0.6) is 0 Å². The number of hydrogen-bond acceptors (Lipinski definition) is 5. The van der Waals surface area contributed by atoms with Crippen molar-refractivity contribution in [2.24, 2.45) is 0 Å². The second-order valence-corrected chi connectivity index (χ2v) is 4.51. The van der Waals surface area contributed by atoms with Gasteiger partial charge in [-0.05, 0) is 19.9 Å². The highest BCUT2D eigenvalue weighted by Crippen LogP contribution is 2.24. The standard InChI is InChI=1S/C11H17N3O3/c1-11(2,7-17-3)13-9-4-8(12)5-10(6-9)14(15)16/h4-6,13H,7,12H2,1-3H3. The van der Waals surface area contributed by atoms with Crippen LogP contribution >= 0.6 is 0 Å². The molecule has 0 spiro atoms. The van der Waals surface area contributed by atoms with E-state index >= 15 is 0 Å². The minimum absolute atomic E-state index is 0.0271. The number of nitrogens with one attached hydrogen (secondary N) is 1. The first-order valence-corrected chi connectivity index (χ1v) is 5.16. The second kappa shape index (κ2) is 5.01. The minimum Gasteiger partial charge on any atom is -0.398 e. The number of nitro groups is 1. The van der Waals surface area contributed by atoms with Gasteiger partial charge in [-0.3, -0.25) is 10.1 Å². The Morgan fingerprint density at radius 3 is 2.65 bits per heavy atom. The summed E-state index contributed by atoms with van der Waals surface area (Å²) in [5.41, 5.74) is 6.23. The van der Waals surface area contributed by atoms with Gasteiger partial charge in [0.25, 0.3) is 5.69 Å². The summed E-state index contributed by atoms with van der Waals surface area (Å²) < 4.78 is 5.06. The maximum Gasteiger partial charge on any atom is 0.273 e. The Kier molecular flexibility index (Phi) is 3.90. The number of nitro benzene ring substituents is 1. The van der Waals surface area contributed by atoms with Crippen LogP contribution in [0.1, 0.15) is 13.8 Å². The summed E-state index contributed by atoms with van der Waals surface area (Å²) in [5.74, 6) is 0. The fourth-order valence-corrected chi connectivity index (χ4v) is 1.60. The van der Waals surface area contributed by atoms with E-state index in [4.69, 9.17) is 10.5 Å². The van der Waals surface area contributed by atoms with E-state index in [1.165, 1.54) is 12.1 Å². The predicted octanol–water partition coefficient (Wildman–Crippen LogP) is 2.01. The minimum atomic E-state index is -0.467. The zero-order chi connectivity index (χ0) is 13.1. The van der Waals surface area contributed by atoms with Crippen molar-refractivity contribution in [2.45, 2.75) is 19.4 Å². The molecule has 6 heteroatoms. The molecule has 1 rings (SSSR count). The molecule has 0 bridgehead atoms. The van der Waals surface area contributed by atoms with Crippen LogP contribution in [0.25, 0.3) is 0 Å². The van der Waals surface area contributed by atoms with Crippen molar-refractivity contribution in [2.75, 3.05) is 24.8 Å². The molecular formula is C11H17N3O3. The average Bonchev–Trinajstić information content (AvgIpc) is 2.15. The molecule has 0 fully saturated rings. The molecule has 0 aliphatic carbocycles. The topological polar surface area (TPSA) is 90.4 Å². The van der Waals surface area contributed by atoms with E-state index in [-0.39, 0.29) is 11.2 Å². The maximum atomic E-state index is 10.7. The zero-order valence-corrected chi connectivity index (χ0v) is 10.2. The van der Waals surface area contributed by atoms with Crippen LogP contribution in [-0.4, -0.2) is 24.2 Å². The zero-order valence-electron chi connectivity index (χ0n) is 10.2. The SMILES string of the molecule is COCC(C)(C)Nc1cc(N)cc([N+](=O)[O-])c1. The van der Waals surface area contributed by atoms with Crippen LogP contribution in [0.3, 0.4) is 0 Å². The van der Waals surface area contributed by atoms with Crippen molar-refractivity contribution in [3.8, 4) is 0 Å². The molecule has 0 radical (unpaired) electrons. The number of rotatable bonds is 5. The summed E-state index contributed by atoms with van der Waals surface area (Å²) in [5, 5.41) is 13.8. The number of nitrogen functional groups attached to an aromatic ring is 1. The summed E-state index contributed by atoms with van der Waals surface area (Å²) in [6.45, 7) is 4.35. The van der Waals surface area contributed by atoms with E-state index in [0.29, 0.717) is 18.0 Å². The quantitative estimate of drug-likeness (QED) is 0.466. The number of anilines is 2. The highest BCUT2D eigenvalue weighted by atomic mass is 16.6. The van der Waals surface area contributed by atoms with Gasteiger partial charge in [-0.2, -0.15) is 0 Å². The third kappa shape index (κ3) is 3.92. The molecule has 6 nitrogen and oxygen atoms in total. The van der Waals surface area contributed by atoms with Crippen LogP contribution in [0.15, 0.2) is 18.2 Å². The highest BCUT2D eigenvalue weighted by Gasteiger charge is 2.18. The smallest absolute Gasteiger partial charge is 0.273 e. The first-order valence-electron chi connectivity index (χ1n) is 5.16. The summed E-state index contributed by atoms with van der Waals surface area (Å²) in [6.07, 6.45) is 0. The van der Waals surface area contributed by atoms with Crippen LogP contribution in [0.4, 0.5) is 17.1 Å². The van der Waals surface area contributed by atoms with Gasteiger partial charge < -0.3 is 15.8 Å². The van der Waals surface area contributed by atoms with E-state index in [0.717, 1.165) is 0 Å². The first kappa shape index (κ1) is 13.2. The van der Waals surface area contributed by atoms with Crippen molar-refractivity contribution in [1.29, 1.82) is 0 Å².